The van der Waals surface area contributed by atoms with E-state index in [0.29, 0.717) is 30.2 Å². The molecule has 1 fully saturated rings. The van der Waals surface area contributed by atoms with E-state index in [9.17, 15) is 9.59 Å². The molecule has 5 nitrogen and oxygen atoms in total. The van der Waals surface area contributed by atoms with Crippen molar-refractivity contribution < 1.29 is 14.0 Å². The number of hydrogen-bond acceptors (Lipinski definition) is 3. The molecule has 0 aliphatic carbocycles. The maximum absolute atomic E-state index is 12.7. The number of carbonyl (C=O) groups excluding carboxylic acids is 2. The maximum Gasteiger partial charge on any atom is 0.253 e. The second kappa shape index (κ2) is 7.74. The highest BCUT2D eigenvalue weighted by Gasteiger charge is 2.30. The van der Waals surface area contributed by atoms with Crippen molar-refractivity contribution in [1.29, 1.82) is 0 Å². The number of rotatable bonds is 4. The van der Waals surface area contributed by atoms with Crippen LogP contribution in [0.15, 0.2) is 47.1 Å². The first-order valence-electron chi connectivity index (χ1n) is 8.37. The van der Waals surface area contributed by atoms with Gasteiger partial charge in [-0.25, -0.2) is 0 Å². The predicted octanol–water partition coefficient (Wildman–Crippen LogP) is 3.44. The minimum absolute atomic E-state index is 0.0463. The van der Waals surface area contributed by atoms with Gasteiger partial charge in [0.05, 0.1) is 18.7 Å². The zero-order valence-corrected chi connectivity index (χ0v) is 14.9. The van der Waals surface area contributed by atoms with Crippen LogP contribution in [0.25, 0.3) is 0 Å². The molecule has 2 aromatic rings. The molecule has 25 heavy (non-hydrogen) atoms. The topological polar surface area (TPSA) is 53.8 Å². The van der Waals surface area contributed by atoms with Gasteiger partial charge in [0.25, 0.3) is 5.91 Å². The van der Waals surface area contributed by atoms with Gasteiger partial charge in [-0.15, -0.1) is 0 Å². The number of furan rings is 1. The Kier molecular flexibility index (Phi) is 5.43. The van der Waals surface area contributed by atoms with Gasteiger partial charge in [0.15, 0.2) is 0 Å². The van der Waals surface area contributed by atoms with Crippen molar-refractivity contribution in [3.63, 3.8) is 0 Å². The van der Waals surface area contributed by atoms with Crippen molar-refractivity contribution >= 4 is 23.4 Å². The van der Waals surface area contributed by atoms with Crippen molar-refractivity contribution in [1.82, 2.24) is 9.80 Å². The summed E-state index contributed by atoms with van der Waals surface area (Å²) >= 11 is 5.88. The second-order valence-corrected chi connectivity index (χ2v) is 6.81. The van der Waals surface area contributed by atoms with Crippen LogP contribution in [0.5, 0.6) is 0 Å². The van der Waals surface area contributed by atoms with Gasteiger partial charge in [-0.3, -0.25) is 9.59 Å². The smallest absolute Gasteiger partial charge is 0.253 e. The second-order valence-electron chi connectivity index (χ2n) is 6.37. The van der Waals surface area contributed by atoms with Gasteiger partial charge in [0.2, 0.25) is 5.91 Å². The van der Waals surface area contributed by atoms with E-state index in [-0.39, 0.29) is 17.7 Å². The average Bonchev–Trinajstić information content (AvgIpc) is 3.14. The molecule has 2 amide bonds. The SMILES string of the molecule is CN(Cc1ccco1)C(=O)C1CCCN(C(=O)c2ccc(Cl)cc2)C1. The van der Waals surface area contributed by atoms with Crippen LogP contribution in [0.1, 0.15) is 29.0 Å². The molecule has 0 radical (unpaired) electrons. The number of likely N-dealkylation sites (tertiary alicyclic amines) is 1. The van der Waals surface area contributed by atoms with Crippen LogP contribution < -0.4 is 0 Å². The van der Waals surface area contributed by atoms with E-state index >= 15 is 0 Å². The molecule has 1 aliphatic rings. The molecule has 1 atom stereocenters. The summed E-state index contributed by atoms with van der Waals surface area (Å²) in [6, 6.07) is 10.5. The van der Waals surface area contributed by atoms with Gasteiger partial charge in [-0.2, -0.15) is 0 Å². The fourth-order valence-corrected chi connectivity index (χ4v) is 3.29. The van der Waals surface area contributed by atoms with Gasteiger partial charge in [0, 0.05) is 30.7 Å². The number of carbonyl (C=O) groups is 2. The lowest BCUT2D eigenvalue weighted by molar-refractivity contribution is -0.136. The number of amides is 2. The van der Waals surface area contributed by atoms with Crippen molar-refractivity contribution in [2.24, 2.45) is 5.92 Å². The Morgan fingerprint density at radius 3 is 2.72 bits per heavy atom. The monoisotopic (exact) mass is 360 g/mol. The highest BCUT2D eigenvalue weighted by Crippen LogP contribution is 2.22. The minimum Gasteiger partial charge on any atom is -0.467 e. The Balaban J connectivity index is 1.63. The first-order valence-corrected chi connectivity index (χ1v) is 8.74. The fraction of sp³-hybridized carbons (Fsp3) is 0.368. The molecule has 6 heteroatoms. The summed E-state index contributed by atoms with van der Waals surface area (Å²) in [6.45, 7) is 1.56. The van der Waals surface area contributed by atoms with Crippen LogP contribution in [0.3, 0.4) is 0 Å². The Morgan fingerprint density at radius 2 is 2.04 bits per heavy atom. The van der Waals surface area contributed by atoms with Crippen molar-refractivity contribution in [3.05, 3.63) is 59.0 Å². The summed E-state index contributed by atoms with van der Waals surface area (Å²) in [5, 5.41) is 0.600. The van der Waals surface area contributed by atoms with Gasteiger partial charge < -0.3 is 14.2 Å². The molecule has 0 bridgehead atoms. The molecule has 0 spiro atoms. The standard InChI is InChI=1S/C19H21ClN2O3/c1-21(13-17-5-3-11-25-17)18(23)15-4-2-10-22(12-15)19(24)14-6-8-16(20)9-7-14/h3,5-9,11,15H,2,4,10,12-13H2,1H3. The number of hydrogen-bond donors (Lipinski definition) is 0. The summed E-state index contributed by atoms with van der Waals surface area (Å²) in [4.78, 5) is 28.8. The molecular weight excluding hydrogens is 340 g/mol. The normalized spacial score (nSPS) is 17.4. The molecule has 3 rings (SSSR count). The average molecular weight is 361 g/mol. The third-order valence-corrected chi connectivity index (χ3v) is 4.75. The number of nitrogens with zero attached hydrogens (tertiary/aromatic N) is 2. The lowest BCUT2D eigenvalue weighted by Crippen LogP contribution is -2.45. The summed E-state index contributed by atoms with van der Waals surface area (Å²) in [6.07, 6.45) is 3.22. The third-order valence-electron chi connectivity index (χ3n) is 4.50. The van der Waals surface area contributed by atoms with Gasteiger partial charge in [-0.05, 0) is 49.2 Å². The van der Waals surface area contributed by atoms with Crippen LogP contribution >= 0.6 is 11.6 Å². The zero-order chi connectivity index (χ0) is 17.8. The van der Waals surface area contributed by atoms with E-state index in [4.69, 9.17) is 16.0 Å². The molecule has 132 valence electrons. The molecule has 2 heterocycles. The maximum atomic E-state index is 12.7. The first kappa shape index (κ1) is 17.5. The Morgan fingerprint density at radius 1 is 1.28 bits per heavy atom. The Bertz CT molecular complexity index is 728. The van der Waals surface area contributed by atoms with E-state index in [2.05, 4.69) is 0 Å². The molecule has 1 aliphatic heterocycles. The van der Waals surface area contributed by atoms with Crippen molar-refractivity contribution in [3.8, 4) is 0 Å². The molecule has 1 aromatic heterocycles. The highest BCUT2D eigenvalue weighted by molar-refractivity contribution is 6.30. The van der Waals surface area contributed by atoms with Crippen molar-refractivity contribution in [2.45, 2.75) is 19.4 Å². The quantitative estimate of drug-likeness (QED) is 0.839. The van der Waals surface area contributed by atoms with Crippen LogP contribution in [0.4, 0.5) is 0 Å². The van der Waals surface area contributed by atoms with Gasteiger partial charge >= 0.3 is 0 Å². The van der Waals surface area contributed by atoms with Crippen LogP contribution in [-0.4, -0.2) is 41.8 Å². The van der Waals surface area contributed by atoms with Gasteiger partial charge in [-0.1, -0.05) is 11.6 Å². The van der Waals surface area contributed by atoms with Crippen LogP contribution in [0.2, 0.25) is 5.02 Å². The van der Waals surface area contributed by atoms with Crippen molar-refractivity contribution in [2.75, 3.05) is 20.1 Å². The highest BCUT2D eigenvalue weighted by atomic mass is 35.5. The van der Waals surface area contributed by atoms with E-state index in [1.54, 1.807) is 53.4 Å². The molecule has 1 aromatic carbocycles. The molecule has 1 saturated heterocycles. The molecular formula is C19H21ClN2O3. The summed E-state index contributed by atoms with van der Waals surface area (Å²) in [7, 11) is 1.77. The Labute approximate surface area is 152 Å². The molecule has 0 saturated carbocycles. The van der Waals surface area contributed by atoms with Crippen LogP contribution in [0, 0.1) is 5.92 Å². The summed E-state index contributed by atoms with van der Waals surface area (Å²) in [5.41, 5.74) is 0.599. The summed E-state index contributed by atoms with van der Waals surface area (Å²) in [5.74, 6) is 0.568. The Hall–Kier alpha value is -2.27. The lowest BCUT2D eigenvalue weighted by Gasteiger charge is -2.34. The fourth-order valence-electron chi connectivity index (χ4n) is 3.16. The first-order chi connectivity index (χ1) is 12.0. The minimum atomic E-state index is -0.176. The largest absolute Gasteiger partial charge is 0.467 e. The number of halogens is 1. The van der Waals surface area contributed by atoms with Gasteiger partial charge in [0.1, 0.15) is 5.76 Å². The van der Waals surface area contributed by atoms with E-state index in [0.717, 1.165) is 18.6 Å². The molecule has 0 N–H and O–H groups in total. The summed E-state index contributed by atoms with van der Waals surface area (Å²) < 4.78 is 5.30. The number of piperidine rings is 1. The third kappa shape index (κ3) is 4.23. The zero-order valence-electron chi connectivity index (χ0n) is 14.2. The number of benzene rings is 1. The van der Waals surface area contributed by atoms with E-state index < -0.39 is 0 Å². The lowest BCUT2D eigenvalue weighted by atomic mass is 9.96. The van der Waals surface area contributed by atoms with E-state index in [1.165, 1.54) is 0 Å². The van der Waals surface area contributed by atoms with E-state index in [1.807, 2.05) is 6.07 Å². The molecule has 1 unspecified atom stereocenters. The van der Waals surface area contributed by atoms with Crippen LogP contribution in [-0.2, 0) is 11.3 Å². The predicted molar refractivity (Wildman–Crippen MR) is 95.3 cm³/mol.